The molecule has 0 aliphatic heterocycles. The van der Waals surface area contributed by atoms with Crippen molar-refractivity contribution in [2.24, 2.45) is 0 Å². The van der Waals surface area contributed by atoms with Gasteiger partial charge < -0.3 is 14.6 Å². The van der Waals surface area contributed by atoms with Gasteiger partial charge in [-0.3, -0.25) is 0 Å². The summed E-state index contributed by atoms with van der Waals surface area (Å²) in [5, 5.41) is 9.51. The van der Waals surface area contributed by atoms with Crippen molar-refractivity contribution in [1.29, 1.82) is 0 Å². The quantitative estimate of drug-likeness (QED) is 0.582. The Balaban J connectivity index is 2.39. The van der Waals surface area contributed by atoms with Gasteiger partial charge in [-0.05, 0) is 45.6 Å². The smallest absolute Gasteiger partial charge is 0.432 e. The molecule has 16 heavy (non-hydrogen) atoms. The number of rotatable bonds is 2. The van der Waals surface area contributed by atoms with Crippen LogP contribution in [-0.4, -0.2) is 29.6 Å². The number of aliphatic hydroxyl groups excluding tert-OH is 1. The highest BCUT2D eigenvalue weighted by molar-refractivity contribution is 5.60. The van der Waals surface area contributed by atoms with Gasteiger partial charge in [0.15, 0.2) is 0 Å². The average molecular weight is 228 g/mol. The standard InChI is InChI=1S/C12H20O4/c1-9(2)15-12(14)16-11-6-4-3-5-10(13)7-8-11/h4,6,9-11,13H,3,5,7-8H2,1-2H3/b6-4+. The molecule has 0 aromatic rings. The van der Waals surface area contributed by atoms with Crippen LogP contribution in [0.2, 0.25) is 0 Å². The minimum absolute atomic E-state index is 0.171. The molecule has 0 saturated heterocycles. The minimum atomic E-state index is -0.639. The van der Waals surface area contributed by atoms with E-state index in [0.717, 1.165) is 12.8 Å². The Bertz CT molecular complexity index is 247. The molecule has 92 valence electrons. The molecule has 0 aromatic carbocycles. The minimum Gasteiger partial charge on any atom is -0.432 e. The predicted molar refractivity (Wildman–Crippen MR) is 60.1 cm³/mol. The largest absolute Gasteiger partial charge is 0.509 e. The van der Waals surface area contributed by atoms with Gasteiger partial charge in [-0.15, -0.1) is 0 Å². The van der Waals surface area contributed by atoms with Crippen molar-refractivity contribution in [1.82, 2.24) is 0 Å². The van der Waals surface area contributed by atoms with Gasteiger partial charge in [0.05, 0.1) is 12.2 Å². The van der Waals surface area contributed by atoms with Crippen molar-refractivity contribution < 1.29 is 19.4 Å². The predicted octanol–water partition coefficient (Wildman–Crippen LogP) is 2.41. The van der Waals surface area contributed by atoms with Gasteiger partial charge in [0, 0.05) is 0 Å². The van der Waals surface area contributed by atoms with Crippen LogP contribution in [0.1, 0.15) is 39.5 Å². The lowest BCUT2D eigenvalue weighted by Gasteiger charge is -2.19. The molecule has 0 aromatic heterocycles. The highest BCUT2D eigenvalue weighted by Crippen LogP contribution is 2.15. The molecule has 1 aliphatic rings. The van der Waals surface area contributed by atoms with Crippen LogP contribution in [0.5, 0.6) is 0 Å². The molecule has 2 unspecified atom stereocenters. The Morgan fingerprint density at radius 2 is 2.12 bits per heavy atom. The lowest BCUT2D eigenvalue weighted by molar-refractivity contribution is 0.0124. The van der Waals surface area contributed by atoms with E-state index in [4.69, 9.17) is 9.47 Å². The van der Waals surface area contributed by atoms with Gasteiger partial charge in [-0.2, -0.15) is 0 Å². The fraction of sp³-hybridized carbons (Fsp3) is 0.750. The molecule has 0 amide bonds. The van der Waals surface area contributed by atoms with Crippen molar-refractivity contribution >= 4 is 6.16 Å². The highest BCUT2D eigenvalue weighted by Gasteiger charge is 2.17. The summed E-state index contributed by atoms with van der Waals surface area (Å²) in [4.78, 5) is 11.3. The summed E-state index contributed by atoms with van der Waals surface area (Å²) in [6, 6.07) is 0. The third-order valence-electron chi connectivity index (χ3n) is 2.38. The molecular formula is C12H20O4. The van der Waals surface area contributed by atoms with E-state index in [-0.39, 0.29) is 18.3 Å². The number of carbonyl (C=O) groups is 1. The monoisotopic (exact) mass is 228 g/mol. The van der Waals surface area contributed by atoms with Crippen molar-refractivity contribution in [2.75, 3.05) is 0 Å². The zero-order valence-electron chi connectivity index (χ0n) is 9.89. The van der Waals surface area contributed by atoms with Crippen molar-refractivity contribution in [3.05, 3.63) is 12.2 Å². The number of aliphatic hydroxyl groups is 1. The molecule has 1 aliphatic carbocycles. The van der Waals surface area contributed by atoms with Gasteiger partial charge >= 0.3 is 6.16 Å². The van der Waals surface area contributed by atoms with Gasteiger partial charge in [-0.25, -0.2) is 4.79 Å². The fourth-order valence-corrected chi connectivity index (χ4v) is 1.58. The highest BCUT2D eigenvalue weighted by atomic mass is 16.7. The second-order valence-corrected chi connectivity index (χ2v) is 4.31. The third kappa shape index (κ3) is 5.16. The third-order valence-corrected chi connectivity index (χ3v) is 2.38. The first-order valence-electron chi connectivity index (χ1n) is 5.80. The van der Waals surface area contributed by atoms with Crippen LogP contribution in [0.4, 0.5) is 4.79 Å². The molecule has 0 fully saturated rings. The summed E-state index contributed by atoms with van der Waals surface area (Å²) in [6.45, 7) is 3.55. The van der Waals surface area contributed by atoms with Crippen LogP contribution in [0, 0.1) is 0 Å². The molecule has 0 saturated carbocycles. The number of ether oxygens (including phenoxy) is 2. The van der Waals surface area contributed by atoms with Crippen LogP contribution in [0.25, 0.3) is 0 Å². The Labute approximate surface area is 96.2 Å². The summed E-state index contributed by atoms with van der Waals surface area (Å²) in [5.74, 6) is 0. The van der Waals surface area contributed by atoms with E-state index in [0.29, 0.717) is 12.8 Å². The van der Waals surface area contributed by atoms with Gasteiger partial charge in [0.2, 0.25) is 0 Å². The number of carbonyl (C=O) groups excluding carboxylic acids is 1. The maximum Gasteiger partial charge on any atom is 0.509 e. The van der Waals surface area contributed by atoms with E-state index in [2.05, 4.69) is 0 Å². The molecule has 1 rings (SSSR count). The number of hydrogen-bond acceptors (Lipinski definition) is 4. The molecule has 4 heteroatoms. The summed E-state index contributed by atoms with van der Waals surface area (Å²) in [6.07, 6.45) is 5.33. The summed E-state index contributed by atoms with van der Waals surface area (Å²) >= 11 is 0. The first-order valence-corrected chi connectivity index (χ1v) is 5.80. The van der Waals surface area contributed by atoms with Crippen LogP contribution < -0.4 is 0 Å². The topological polar surface area (TPSA) is 55.8 Å². The van der Waals surface area contributed by atoms with E-state index < -0.39 is 6.16 Å². The van der Waals surface area contributed by atoms with Crippen molar-refractivity contribution in [3.8, 4) is 0 Å². The fourth-order valence-electron chi connectivity index (χ4n) is 1.58. The molecule has 4 nitrogen and oxygen atoms in total. The molecular weight excluding hydrogens is 208 g/mol. The Morgan fingerprint density at radius 3 is 2.81 bits per heavy atom. The van der Waals surface area contributed by atoms with Crippen LogP contribution >= 0.6 is 0 Å². The second-order valence-electron chi connectivity index (χ2n) is 4.31. The van der Waals surface area contributed by atoms with Crippen molar-refractivity contribution in [3.63, 3.8) is 0 Å². The van der Waals surface area contributed by atoms with E-state index in [1.54, 1.807) is 13.8 Å². The van der Waals surface area contributed by atoms with Crippen molar-refractivity contribution in [2.45, 2.75) is 57.8 Å². The van der Waals surface area contributed by atoms with Gasteiger partial charge in [0.1, 0.15) is 6.10 Å². The lowest BCUT2D eigenvalue weighted by atomic mass is 10.0. The van der Waals surface area contributed by atoms with Gasteiger partial charge in [-0.1, -0.05) is 6.08 Å². The SMILES string of the molecule is CC(C)OC(=O)OC1/C=C/CCC(O)CC1. The van der Waals surface area contributed by atoms with Crippen LogP contribution in [-0.2, 0) is 9.47 Å². The van der Waals surface area contributed by atoms with E-state index in [9.17, 15) is 9.90 Å². The lowest BCUT2D eigenvalue weighted by Crippen LogP contribution is -2.22. The molecule has 0 radical (unpaired) electrons. The summed E-state index contributed by atoms with van der Waals surface area (Å²) in [7, 11) is 0. The summed E-state index contributed by atoms with van der Waals surface area (Å²) < 4.78 is 10.0. The Morgan fingerprint density at radius 1 is 1.38 bits per heavy atom. The van der Waals surface area contributed by atoms with Gasteiger partial charge in [0.25, 0.3) is 0 Å². The number of hydrogen-bond donors (Lipinski definition) is 1. The van der Waals surface area contributed by atoms with E-state index in [1.165, 1.54) is 0 Å². The molecule has 2 atom stereocenters. The molecule has 0 bridgehead atoms. The normalized spacial score (nSPS) is 28.0. The van der Waals surface area contributed by atoms with E-state index in [1.807, 2.05) is 12.2 Å². The van der Waals surface area contributed by atoms with E-state index >= 15 is 0 Å². The summed E-state index contributed by atoms with van der Waals surface area (Å²) in [5.41, 5.74) is 0. The maximum absolute atomic E-state index is 11.3. The first-order chi connectivity index (χ1) is 7.58. The first kappa shape index (κ1) is 13.0. The maximum atomic E-state index is 11.3. The average Bonchev–Trinajstić information content (AvgIpc) is 2.16. The molecule has 0 heterocycles. The zero-order chi connectivity index (χ0) is 12.0. The van der Waals surface area contributed by atoms with Crippen LogP contribution in [0.15, 0.2) is 12.2 Å². The number of allylic oxidation sites excluding steroid dienone is 1. The Kier molecular flexibility index (Phi) is 5.32. The Hall–Kier alpha value is -1.03. The zero-order valence-corrected chi connectivity index (χ0v) is 9.89. The second kappa shape index (κ2) is 6.53. The molecule has 1 N–H and O–H groups in total. The van der Waals surface area contributed by atoms with Crippen LogP contribution in [0.3, 0.4) is 0 Å². The molecule has 0 spiro atoms.